The normalized spacial score (nSPS) is 14.7. The van der Waals surface area contributed by atoms with Gasteiger partial charge in [-0.25, -0.2) is 4.79 Å². The zero-order chi connectivity index (χ0) is 12.5. The lowest BCUT2D eigenvalue weighted by atomic mass is 10.2. The van der Waals surface area contributed by atoms with E-state index in [0.29, 0.717) is 6.04 Å². The van der Waals surface area contributed by atoms with Gasteiger partial charge in [0.25, 0.3) is 0 Å². The molecule has 0 aromatic heterocycles. The molecule has 94 valence electrons. The second kappa shape index (κ2) is 8.08. The highest BCUT2D eigenvalue weighted by Gasteiger charge is 2.16. The van der Waals surface area contributed by atoms with Crippen LogP contribution in [0.25, 0.3) is 0 Å². The van der Waals surface area contributed by atoms with Crippen molar-refractivity contribution in [2.24, 2.45) is 0 Å². The molecule has 0 heterocycles. The molecule has 2 amide bonds. The van der Waals surface area contributed by atoms with Gasteiger partial charge in [0.05, 0.1) is 0 Å². The Morgan fingerprint density at radius 3 is 2.35 bits per heavy atom. The van der Waals surface area contributed by atoms with E-state index in [4.69, 9.17) is 0 Å². The van der Waals surface area contributed by atoms with Crippen LogP contribution < -0.4 is 10.6 Å². The summed E-state index contributed by atoms with van der Waals surface area (Å²) in [4.78, 5) is 11.5. The fraction of sp³-hybridized carbons (Fsp3) is 0.462. The first-order chi connectivity index (χ1) is 8.34. The number of carbonyl (C=O) groups excluding carboxylic acids is 1. The second-order valence-corrected chi connectivity index (χ2v) is 3.95. The van der Waals surface area contributed by atoms with Crippen molar-refractivity contribution < 1.29 is 4.79 Å². The first-order valence-electron chi connectivity index (χ1n) is 6.05. The number of hydrogen-bond acceptors (Lipinski definition) is 1. The lowest BCUT2D eigenvalue weighted by Crippen LogP contribution is -2.36. The molecule has 2 rings (SSSR count). The van der Waals surface area contributed by atoms with E-state index in [1.54, 1.807) is 0 Å². The monoisotopic (exact) mass is 252 g/mol. The number of hydrogen-bond donors (Lipinski definition) is 2. The first kappa shape index (κ1) is 14.0. The zero-order valence-corrected chi connectivity index (χ0v) is 11.4. The van der Waals surface area contributed by atoms with E-state index in [1.807, 2.05) is 37.0 Å². The van der Waals surface area contributed by atoms with Crippen molar-refractivity contribution in [3.8, 4) is 0 Å². The van der Waals surface area contributed by atoms with E-state index in [2.05, 4.69) is 19.9 Å². The summed E-state index contributed by atoms with van der Waals surface area (Å²) in [7, 11) is 2.42. The van der Waals surface area contributed by atoms with Gasteiger partial charge < -0.3 is 10.6 Å². The summed E-state index contributed by atoms with van der Waals surface area (Å²) in [5.41, 5.74) is 0.841. The highest BCUT2D eigenvalue weighted by molar-refractivity contribution is 7.15. The number of anilines is 1. The topological polar surface area (TPSA) is 41.1 Å². The van der Waals surface area contributed by atoms with Gasteiger partial charge >= 0.3 is 6.03 Å². The Bertz CT molecular complexity index is 323. The van der Waals surface area contributed by atoms with Crippen molar-refractivity contribution in [1.29, 1.82) is 0 Å². The number of carbonyl (C=O) groups is 1. The molecule has 1 unspecified atom stereocenters. The van der Waals surface area contributed by atoms with Gasteiger partial charge in [0, 0.05) is 11.7 Å². The van der Waals surface area contributed by atoms with Crippen LogP contribution in [0.3, 0.4) is 0 Å². The Balaban J connectivity index is 0.000000686. The number of para-hydroxylation sites is 1. The van der Waals surface area contributed by atoms with Crippen LogP contribution in [0.2, 0.25) is 0 Å². The molecule has 0 saturated heterocycles. The van der Waals surface area contributed by atoms with Crippen molar-refractivity contribution in [2.75, 3.05) is 12.0 Å². The number of rotatable bonds is 2. The third-order valence-electron chi connectivity index (χ3n) is 2.72. The predicted molar refractivity (Wildman–Crippen MR) is 76.5 cm³/mol. The van der Waals surface area contributed by atoms with Crippen LogP contribution in [0.15, 0.2) is 30.3 Å². The maximum Gasteiger partial charge on any atom is 0.319 e. The smallest absolute Gasteiger partial charge is 0.319 e. The molecule has 1 aliphatic carbocycles. The molecule has 1 atom stereocenters. The van der Waals surface area contributed by atoms with Gasteiger partial charge in [-0.3, -0.25) is 0 Å². The van der Waals surface area contributed by atoms with E-state index >= 15 is 0 Å². The van der Waals surface area contributed by atoms with Crippen molar-refractivity contribution in [3.05, 3.63) is 30.3 Å². The molecule has 0 spiro atoms. The SMILES string of the molecule is CP.O=C(Nc1ccccc1)NC1CCCC1. The molecular formula is C13H21N2OP. The Morgan fingerprint density at radius 2 is 1.76 bits per heavy atom. The van der Waals surface area contributed by atoms with Crippen LogP contribution in [-0.2, 0) is 0 Å². The van der Waals surface area contributed by atoms with Gasteiger partial charge in [-0.15, -0.1) is 9.24 Å². The third kappa shape index (κ3) is 5.18. The number of nitrogens with one attached hydrogen (secondary N) is 2. The zero-order valence-electron chi connectivity index (χ0n) is 10.3. The summed E-state index contributed by atoms with van der Waals surface area (Å²) in [5, 5.41) is 5.80. The van der Waals surface area contributed by atoms with E-state index in [0.717, 1.165) is 18.5 Å². The molecule has 17 heavy (non-hydrogen) atoms. The van der Waals surface area contributed by atoms with Crippen LogP contribution in [0.1, 0.15) is 25.7 Å². The summed E-state index contributed by atoms with van der Waals surface area (Å²) >= 11 is 0. The van der Waals surface area contributed by atoms with Crippen molar-refractivity contribution in [3.63, 3.8) is 0 Å². The standard InChI is InChI=1S/C12H16N2O.CH5P/c15-12(14-11-8-4-5-9-11)13-10-6-2-1-3-7-10;1-2/h1-3,6-7,11H,4-5,8-9H2,(H2,13,14,15);2H2,1H3. The lowest BCUT2D eigenvalue weighted by Gasteiger charge is -2.12. The summed E-state index contributed by atoms with van der Waals surface area (Å²) < 4.78 is 0. The fourth-order valence-corrected chi connectivity index (χ4v) is 1.94. The first-order valence-corrected chi connectivity index (χ1v) is 7.20. The van der Waals surface area contributed by atoms with Gasteiger partial charge in [-0.05, 0) is 25.0 Å². The Labute approximate surface area is 106 Å². The van der Waals surface area contributed by atoms with Gasteiger partial charge in [0.2, 0.25) is 0 Å². The molecule has 1 aromatic rings. The van der Waals surface area contributed by atoms with Crippen LogP contribution in [-0.4, -0.2) is 18.7 Å². The van der Waals surface area contributed by atoms with E-state index < -0.39 is 0 Å². The summed E-state index contributed by atoms with van der Waals surface area (Å²) in [6.07, 6.45) is 4.69. The van der Waals surface area contributed by atoms with Crippen LogP contribution in [0.4, 0.5) is 10.5 Å². The minimum atomic E-state index is -0.0897. The van der Waals surface area contributed by atoms with Gasteiger partial charge in [0.15, 0.2) is 0 Å². The van der Waals surface area contributed by atoms with E-state index in [1.165, 1.54) is 12.8 Å². The average Bonchev–Trinajstić information content (AvgIpc) is 2.85. The van der Waals surface area contributed by atoms with Gasteiger partial charge in [-0.1, -0.05) is 37.7 Å². The highest BCUT2D eigenvalue weighted by atomic mass is 31.0. The maximum absolute atomic E-state index is 11.5. The molecule has 0 bridgehead atoms. The minimum absolute atomic E-state index is 0.0897. The molecule has 1 aliphatic rings. The van der Waals surface area contributed by atoms with Crippen molar-refractivity contribution in [1.82, 2.24) is 5.32 Å². The molecule has 1 saturated carbocycles. The Morgan fingerprint density at radius 1 is 1.18 bits per heavy atom. The number of benzene rings is 1. The van der Waals surface area contributed by atoms with E-state index in [9.17, 15) is 4.79 Å². The number of urea groups is 1. The maximum atomic E-state index is 11.5. The van der Waals surface area contributed by atoms with Crippen LogP contribution in [0.5, 0.6) is 0 Å². The highest BCUT2D eigenvalue weighted by Crippen LogP contribution is 2.17. The number of amides is 2. The molecule has 1 fully saturated rings. The molecule has 1 aromatic carbocycles. The van der Waals surface area contributed by atoms with Crippen molar-refractivity contribution >= 4 is 21.0 Å². The molecule has 0 aliphatic heterocycles. The van der Waals surface area contributed by atoms with E-state index in [-0.39, 0.29) is 6.03 Å². The summed E-state index contributed by atoms with van der Waals surface area (Å²) in [6.45, 7) is 1.92. The molecule has 0 radical (unpaired) electrons. The predicted octanol–water partition coefficient (Wildman–Crippen LogP) is 3.24. The average molecular weight is 252 g/mol. The molecule has 4 heteroatoms. The Hall–Kier alpha value is -1.08. The van der Waals surface area contributed by atoms with Crippen LogP contribution >= 0.6 is 9.24 Å². The fourth-order valence-electron chi connectivity index (χ4n) is 1.94. The Kier molecular flexibility index (Phi) is 6.64. The molecule has 2 N–H and O–H groups in total. The largest absolute Gasteiger partial charge is 0.335 e. The summed E-state index contributed by atoms with van der Waals surface area (Å²) in [5.74, 6) is 0. The minimum Gasteiger partial charge on any atom is -0.335 e. The van der Waals surface area contributed by atoms with Crippen LogP contribution in [0, 0.1) is 0 Å². The van der Waals surface area contributed by atoms with Gasteiger partial charge in [0.1, 0.15) is 0 Å². The molecular weight excluding hydrogens is 231 g/mol. The lowest BCUT2D eigenvalue weighted by molar-refractivity contribution is 0.248. The van der Waals surface area contributed by atoms with Crippen molar-refractivity contribution in [2.45, 2.75) is 31.7 Å². The summed E-state index contributed by atoms with van der Waals surface area (Å²) in [6, 6.07) is 9.79. The third-order valence-corrected chi connectivity index (χ3v) is 2.72. The van der Waals surface area contributed by atoms with Gasteiger partial charge in [-0.2, -0.15) is 0 Å². The quantitative estimate of drug-likeness (QED) is 0.779. The second-order valence-electron chi connectivity index (χ2n) is 3.95. The molecule has 3 nitrogen and oxygen atoms in total.